The van der Waals surface area contributed by atoms with Gasteiger partial charge in [0.1, 0.15) is 23.0 Å². The molecule has 7 aromatic carbocycles. The van der Waals surface area contributed by atoms with E-state index in [-0.39, 0.29) is 0 Å². The second-order valence-electron chi connectivity index (χ2n) is 10.8. The summed E-state index contributed by atoms with van der Waals surface area (Å²) < 4.78 is 13.6. The first-order valence-electron chi connectivity index (χ1n) is 14.0. The third-order valence-corrected chi connectivity index (χ3v) is 13.4. The molecule has 4 heteroatoms. The van der Waals surface area contributed by atoms with E-state index < -0.39 is 6.04 Å². The van der Waals surface area contributed by atoms with Crippen molar-refractivity contribution in [1.29, 1.82) is 0 Å². The fourth-order valence-electron chi connectivity index (χ4n) is 6.66. The van der Waals surface area contributed by atoms with Gasteiger partial charge in [0, 0.05) is 10.6 Å². The highest BCUT2D eigenvalue weighted by Crippen LogP contribution is 2.61. The molecule has 9 rings (SSSR count). The van der Waals surface area contributed by atoms with Crippen LogP contribution in [0.1, 0.15) is 0 Å². The Bertz CT molecular complexity index is 2180. The quantitative estimate of drug-likeness (QED) is 0.192. The van der Waals surface area contributed by atoms with Gasteiger partial charge in [0.05, 0.1) is 11.3 Å². The Hall–Kier alpha value is -4.69. The van der Waals surface area contributed by atoms with Crippen molar-refractivity contribution in [3.05, 3.63) is 140 Å². The van der Waals surface area contributed by atoms with Crippen molar-refractivity contribution in [2.24, 2.45) is 0 Å². The molecule has 2 nitrogen and oxygen atoms in total. The lowest BCUT2D eigenvalue weighted by molar-refractivity contribution is 0.467. The largest absolute Gasteiger partial charge is 0.456 e. The van der Waals surface area contributed by atoms with Crippen molar-refractivity contribution in [3.8, 4) is 45.3 Å². The van der Waals surface area contributed by atoms with Gasteiger partial charge in [0.15, 0.2) is 0 Å². The maximum Gasteiger partial charge on any atom is 0.140 e. The van der Waals surface area contributed by atoms with Gasteiger partial charge in [-0.2, -0.15) is 0 Å². The zero-order valence-electron chi connectivity index (χ0n) is 22.5. The molecule has 0 radical (unpaired) electrons. The first-order chi connectivity index (χ1) is 20.7. The van der Waals surface area contributed by atoms with Crippen molar-refractivity contribution in [3.63, 3.8) is 0 Å². The summed E-state index contributed by atoms with van der Waals surface area (Å²) in [5, 5.41) is 7.85. The molecule has 0 bridgehead atoms. The monoisotopic (exact) mass is 574 g/mol. The highest BCUT2D eigenvalue weighted by molar-refractivity contribution is 8.26. The number of hydrogen-bond acceptors (Lipinski definition) is 3. The highest BCUT2D eigenvalue weighted by Gasteiger charge is 2.44. The highest BCUT2D eigenvalue weighted by atomic mass is 32.4. The van der Waals surface area contributed by atoms with Gasteiger partial charge in [0.25, 0.3) is 0 Å². The molecule has 0 spiro atoms. The number of benzene rings is 7. The standard InChI is InChI=1S/C38H23O2PS/c42-41-36-30-16-6-4-12-25(30)18-20-32(36)39-34-22-27(29-15-9-8-14-28(29)24-10-2-1-3-11-24)23-35(38(34)41)40-33-21-19-26-13-5-7-17-31(26)37(33)41/h1-23H. The molecular weight excluding hydrogens is 551 g/mol. The lowest BCUT2D eigenvalue weighted by Gasteiger charge is -2.39. The normalized spacial score (nSPS) is 13.9. The molecule has 0 N–H and O–H groups in total. The lowest BCUT2D eigenvalue weighted by Crippen LogP contribution is -2.35. The van der Waals surface area contributed by atoms with E-state index in [0.717, 1.165) is 77.1 Å². The van der Waals surface area contributed by atoms with E-state index in [4.69, 9.17) is 21.3 Å². The molecule has 2 aliphatic rings. The van der Waals surface area contributed by atoms with Crippen LogP contribution >= 0.6 is 6.04 Å². The Kier molecular flexibility index (Phi) is 5.08. The Morgan fingerprint density at radius 3 is 1.45 bits per heavy atom. The fourth-order valence-corrected chi connectivity index (χ4v) is 11.8. The average Bonchev–Trinajstić information content (AvgIpc) is 3.04. The number of fused-ring (bicyclic) bond motifs is 8. The molecule has 0 atom stereocenters. The topological polar surface area (TPSA) is 18.5 Å². The Morgan fingerprint density at radius 1 is 0.405 bits per heavy atom. The molecule has 0 amide bonds. The van der Waals surface area contributed by atoms with E-state index in [0.29, 0.717) is 0 Å². The molecule has 0 fully saturated rings. The fraction of sp³-hybridized carbons (Fsp3) is 0. The minimum absolute atomic E-state index is 0.787. The van der Waals surface area contributed by atoms with Gasteiger partial charge < -0.3 is 9.47 Å². The summed E-state index contributed by atoms with van der Waals surface area (Å²) in [6.45, 7) is 0. The van der Waals surface area contributed by atoms with Crippen LogP contribution in [0.3, 0.4) is 0 Å². The smallest absolute Gasteiger partial charge is 0.140 e. The molecule has 0 saturated carbocycles. The molecule has 198 valence electrons. The second kappa shape index (κ2) is 8.90. The van der Waals surface area contributed by atoms with Crippen LogP contribution in [0.4, 0.5) is 0 Å². The van der Waals surface area contributed by atoms with Crippen LogP contribution in [0, 0.1) is 0 Å². The van der Waals surface area contributed by atoms with Crippen LogP contribution in [-0.2, 0) is 11.8 Å². The zero-order valence-corrected chi connectivity index (χ0v) is 24.2. The first-order valence-corrected chi connectivity index (χ1v) is 16.8. The van der Waals surface area contributed by atoms with Crippen molar-refractivity contribution in [2.45, 2.75) is 0 Å². The summed E-state index contributed by atoms with van der Waals surface area (Å²) in [6.07, 6.45) is 0. The third kappa shape index (κ3) is 3.30. The molecule has 2 aliphatic heterocycles. The Morgan fingerprint density at radius 2 is 0.881 bits per heavy atom. The van der Waals surface area contributed by atoms with Crippen molar-refractivity contribution in [2.75, 3.05) is 0 Å². The summed E-state index contributed by atoms with van der Waals surface area (Å²) in [5.74, 6) is 3.25. The predicted molar refractivity (Wildman–Crippen MR) is 179 cm³/mol. The minimum Gasteiger partial charge on any atom is -0.456 e. The van der Waals surface area contributed by atoms with Gasteiger partial charge in [-0.25, -0.2) is 0 Å². The van der Waals surface area contributed by atoms with Crippen LogP contribution in [0.25, 0.3) is 43.8 Å². The molecule has 7 aromatic rings. The van der Waals surface area contributed by atoms with E-state index in [1.54, 1.807) is 0 Å². The van der Waals surface area contributed by atoms with Crippen LogP contribution in [0.5, 0.6) is 23.0 Å². The van der Waals surface area contributed by atoms with Crippen LogP contribution in [0.2, 0.25) is 0 Å². The predicted octanol–water partition coefficient (Wildman–Crippen LogP) is 9.29. The van der Waals surface area contributed by atoms with E-state index >= 15 is 0 Å². The molecule has 0 saturated heterocycles. The molecule has 2 heterocycles. The molecule has 42 heavy (non-hydrogen) atoms. The Balaban J connectivity index is 1.38. The van der Waals surface area contributed by atoms with Gasteiger partial charge in [0.2, 0.25) is 0 Å². The maximum absolute atomic E-state index is 7.03. The minimum atomic E-state index is -2.60. The molecule has 0 aliphatic carbocycles. The van der Waals surface area contributed by atoms with Gasteiger partial charge in [-0.3, -0.25) is 0 Å². The van der Waals surface area contributed by atoms with E-state index in [1.165, 1.54) is 5.56 Å². The summed E-state index contributed by atoms with van der Waals surface area (Å²) in [7, 11) is 0. The first kappa shape index (κ1) is 24.0. The number of hydrogen-bond donors (Lipinski definition) is 0. The van der Waals surface area contributed by atoms with Gasteiger partial charge in [-0.1, -0.05) is 127 Å². The molecule has 0 aromatic heterocycles. The zero-order chi connectivity index (χ0) is 27.8. The summed E-state index contributed by atoms with van der Waals surface area (Å²) >= 11 is 7.03. The SMILES string of the molecule is S=P12c3c(cc(-c4ccccc4-c4ccccc4)cc3Oc3ccc4ccccc4c31)Oc1ccc3ccccc3c12. The van der Waals surface area contributed by atoms with Gasteiger partial charge in [-0.05, 0) is 68.1 Å². The molecular formula is C38H23O2PS. The van der Waals surface area contributed by atoms with Crippen LogP contribution in [0.15, 0.2) is 140 Å². The van der Waals surface area contributed by atoms with Crippen LogP contribution in [-0.4, -0.2) is 0 Å². The van der Waals surface area contributed by atoms with Crippen molar-refractivity contribution in [1.82, 2.24) is 0 Å². The van der Waals surface area contributed by atoms with Gasteiger partial charge in [-0.15, -0.1) is 0 Å². The van der Waals surface area contributed by atoms with Crippen LogP contribution < -0.4 is 25.4 Å². The summed E-state index contributed by atoms with van der Waals surface area (Å²) in [4.78, 5) is 0. The number of rotatable bonds is 2. The third-order valence-electron chi connectivity index (χ3n) is 8.47. The number of ether oxygens (including phenoxy) is 2. The molecule has 0 unspecified atom stereocenters. The van der Waals surface area contributed by atoms with E-state index in [1.807, 2.05) is 6.07 Å². The maximum atomic E-state index is 7.03. The van der Waals surface area contributed by atoms with Crippen molar-refractivity contribution < 1.29 is 9.47 Å². The lowest BCUT2D eigenvalue weighted by atomic mass is 9.94. The summed E-state index contributed by atoms with van der Waals surface area (Å²) in [5.41, 5.74) is 4.49. The van der Waals surface area contributed by atoms with E-state index in [2.05, 4.69) is 133 Å². The van der Waals surface area contributed by atoms with Crippen molar-refractivity contribution >= 4 is 55.3 Å². The second-order valence-corrected chi connectivity index (χ2v) is 15.0. The van der Waals surface area contributed by atoms with Gasteiger partial charge >= 0.3 is 0 Å². The van der Waals surface area contributed by atoms with E-state index in [9.17, 15) is 0 Å². The Labute approximate surface area is 248 Å². The summed E-state index contributed by atoms with van der Waals surface area (Å²) in [6, 6.07) is 46.2. The average molecular weight is 575 g/mol.